The van der Waals surface area contributed by atoms with Gasteiger partial charge >= 0.3 is 5.97 Å². The third-order valence-electron chi connectivity index (χ3n) is 6.88. The van der Waals surface area contributed by atoms with E-state index in [0.717, 1.165) is 4.90 Å². The largest absolute Gasteiger partial charge is 0.451 e. The normalized spacial score (nSPS) is 25.2. The first kappa shape index (κ1) is 28.0. The molecule has 4 atom stereocenters. The van der Waals surface area contributed by atoms with E-state index in [-0.39, 0.29) is 11.5 Å². The molecule has 1 aromatic heterocycles. The number of β-lactam (4-membered cyclic amide) rings is 1. The maximum absolute atomic E-state index is 14.0. The number of aromatic nitrogens is 1. The minimum absolute atomic E-state index is 0.0147. The molecular weight excluding hydrogens is 556 g/mol. The van der Waals surface area contributed by atoms with Crippen molar-refractivity contribution in [2.24, 2.45) is 0 Å². The van der Waals surface area contributed by atoms with E-state index in [4.69, 9.17) is 21.1 Å². The molecule has 11 heteroatoms. The molecule has 0 aliphatic carbocycles. The fraction of sp³-hybridized carbons (Fsp3) is 0.276. The number of esters is 1. The molecule has 9 nitrogen and oxygen atoms in total. The number of ether oxygens (including phenoxy) is 2. The summed E-state index contributed by atoms with van der Waals surface area (Å²) in [6, 6.07) is 21.6. The SMILES string of the molecule is CC1(OC(O)CCl)CS(=O)(=O)C2/C(=C\c3ccccn3)C(=O)N2[C@H]1C(=O)OC(c1ccccc1)c1ccccc1. The zero-order chi connectivity index (χ0) is 28.5. The monoisotopic (exact) mass is 582 g/mol. The summed E-state index contributed by atoms with van der Waals surface area (Å²) >= 11 is 5.76. The van der Waals surface area contributed by atoms with Crippen LogP contribution in [0.1, 0.15) is 29.8 Å². The maximum Gasteiger partial charge on any atom is 0.332 e. The van der Waals surface area contributed by atoms with Crippen LogP contribution in [0.5, 0.6) is 0 Å². The summed E-state index contributed by atoms with van der Waals surface area (Å²) < 4.78 is 38.7. The number of amides is 1. The predicted octanol–water partition coefficient (Wildman–Crippen LogP) is 3.10. The van der Waals surface area contributed by atoms with E-state index in [2.05, 4.69) is 4.98 Å². The summed E-state index contributed by atoms with van der Waals surface area (Å²) in [5, 5.41) is 8.84. The molecule has 5 rings (SSSR count). The number of nitrogens with zero attached hydrogens (tertiary/aromatic N) is 2. The standard InChI is InChI=1S/C29H27ClN2O7S/c1-29(39-23(33)17-30)18-40(36,37)27-22(16-21-14-8-9-15-31-21)26(34)32(27)25(29)28(35)38-24(19-10-4-2-5-11-19)20-12-6-3-7-13-20/h2-16,23-25,27,33H,17-18H2,1H3/b22-16-/t23?,25-,27?,29?/m0/s1. The molecule has 0 radical (unpaired) electrons. The number of fused-ring (bicyclic) bond motifs is 1. The summed E-state index contributed by atoms with van der Waals surface area (Å²) in [5.41, 5.74) is -0.119. The molecule has 1 amide bonds. The Bertz CT molecular complexity index is 1480. The highest BCUT2D eigenvalue weighted by Gasteiger charge is 2.66. The molecule has 0 spiro atoms. The molecule has 40 heavy (non-hydrogen) atoms. The quantitative estimate of drug-likeness (QED) is 0.141. The van der Waals surface area contributed by atoms with E-state index in [1.165, 1.54) is 19.2 Å². The second-order valence-corrected chi connectivity index (χ2v) is 12.2. The molecule has 208 valence electrons. The van der Waals surface area contributed by atoms with Crippen LogP contribution in [0.4, 0.5) is 0 Å². The van der Waals surface area contributed by atoms with Gasteiger partial charge in [-0.25, -0.2) is 13.2 Å². The lowest BCUT2D eigenvalue weighted by Gasteiger charge is -2.55. The Morgan fingerprint density at radius 1 is 1.10 bits per heavy atom. The van der Waals surface area contributed by atoms with Gasteiger partial charge in [0, 0.05) is 6.20 Å². The van der Waals surface area contributed by atoms with Gasteiger partial charge in [-0.05, 0) is 36.3 Å². The molecule has 2 aliphatic rings. The van der Waals surface area contributed by atoms with E-state index in [9.17, 15) is 23.1 Å². The van der Waals surface area contributed by atoms with E-state index in [0.29, 0.717) is 16.8 Å². The molecular formula is C29H27ClN2O7S. The number of aliphatic hydroxyl groups excluding tert-OH is 1. The van der Waals surface area contributed by atoms with Gasteiger partial charge in [0.25, 0.3) is 5.91 Å². The van der Waals surface area contributed by atoms with Crippen LogP contribution in [0.25, 0.3) is 6.08 Å². The molecule has 1 N–H and O–H groups in total. The number of aliphatic hydroxyl groups is 1. The summed E-state index contributed by atoms with van der Waals surface area (Å²) in [4.78, 5) is 32.6. The second kappa shape index (κ2) is 11.1. The maximum atomic E-state index is 14.0. The molecule has 2 saturated heterocycles. The fourth-order valence-corrected chi connectivity index (χ4v) is 7.60. The van der Waals surface area contributed by atoms with Gasteiger partial charge in [-0.1, -0.05) is 66.7 Å². The van der Waals surface area contributed by atoms with Crippen molar-refractivity contribution in [2.75, 3.05) is 11.6 Å². The topological polar surface area (TPSA) is 123 Å². The smallest absolute Gasteiger partial charge is 0.332 e. The molecule has 3 aromatic rings. The molecule has 0 saturated carbocycles. The second-order valence-electron chi connectivity index (χ2n) is 9.81. The lowest BCUT2D eigenvalue weighted by Crippen LogP contribution is -2.76. The van der Waals surface area contributed by atoms with Crippen molar-refractivity contribution >= 4 is 39.4 Å². The Hall–Kier alpha value is -3.57. The Balaban J connectivity index is 1.56. The number of alkyl halides is 1. The van der Waals surface area contributed by atoms with Crippen molar-refractivity contribution in [3.63, 3.8) is 0 Å². The highest BCUT2D eigenvalue weighted by atomic mass is 35.5. The Labute approximate surface area is 236 Å². The average molecular weight is 583 g/mol. The average Bonchev–Trinajstić information content (AvgIpc) is 2.95. The predicted molar refractivity (Wildman–Crippen MR) is 147 cm³/mol. The summed E-state index contributed by atoms with van der Waals surface area (Å²) in [7, 11) is -4.06. The molecule has 0 bridgehead atoms. The molecule has 3 heterocycles. The van der Waals surface area contributed by atoms with Gasteiger partial charge in [0.05, 0.1) is 22.9 Å². The number of sulfone groups is 1. The minimum atomic E-state index is -4.06. The van der Waals surface area contributed by atoms with Crippen molar-refractivity contribution in [2.45, 2.75) is 36.3 Å². The van der Waals surface area contributed by atoms with Crippen LogP contribution < -0.4 is 0 Å². The number of halogens is 1. The molecule has 3 unspecified atom stereocenters. The zero-order valence-corrected chi connectivity index (χ0v) is 23.0. The summed E-state index contributed by atoms with van der Waals surface area (Å²) in [6.07, 6.45) is 0.480. The van der Waals surface area contributed by atoms with Crippen LogP contribution >= 0.6 is 11.6 Å². The third-order valence-corrected chi connectivity index (χ3v) is 9.28. The van der Waals surface area contributed by atoms with Crippen LogP contribution in [0.3, 0.4) is 0 Å². The van der Waals surface area contributed by atoms with Crippen LogP contribution in [-0.2, 0) is 28.9 Å². The lowest BCUT2D eigenvalue weighted by molar-refractivity contribution is -0.206. The van der Waals surface area contributed by atoms with Gasteiger partial charge in [0.2, 0.25) is 0 Å². The number of carbonyl (C=O) groups excluding carboxylic acids is 2. The van der Waals surface area contributed by atoms with Crippen molar-refractivity contribution < 1.29 is 32.6 Å². The molecule has 2 fully saturated rings. The van der Waals surface area contributed by atoms with Gasteiger partial charge in [-0.3, -0.25) is 9.78 Å². The van der Waals surface area contributed by atoms with Crippen LogP contribution in [0.2, 0.25) is 0 Å². The van der Waals surface area contributed by atoms with Gasteiger partial charge in [-0.2, -0.15) is 0 Å². The van der Waals surface area contributed by atoms with Gasteiger partial charge in [0.1, 0.15) is 5.60 Å². The van der Waals surface area contributed by atoms with Gasteiger partial charge < -0.3 is 19.5 Å². The van der Waals surface area contributed by atoms with E-state index >= 15 is 0 Å². The number of pyridine rings is 1. The van der Waals surface area contributed by atoms with Gasteiger partial charge in [0.15, 0.2) is 33.6 Å². The Kier molecular flexibility index (Phi) is 7.78. The Morgan fingerprint density at radius 3 is 2.25 bits per heavy atom. The number of rotatable bonds is 8. The molecule has 2 aliphatic heterocycles. The van der Waals surface area contributed by atoms with Crippen LogP contribution in [-0.4, -0.2) is 70.2 Å². The Morgan fingerprint density at radius 2 is 1.70 bits per heavy atom. The highest BCUT2D eigenvalue weighted by Crippen LogP contribution is 2.45. The highest BCUT2D eigenvalue weighted by molar-refractivity contribution is 7.92. The van der Waals surface area contributed by atoms with Crippen molar-refractivity contribution in [3.05, 3.63) is 107 Å². The zero-order valence-electron chi connectivity index (χ0n) is 21.5. The first-order valence-corrected chi connectivity index (χ1v) is 14.8. The number of carbonyl (C=O) groups is 2. The summed E-state index contributed by atoms with van der Waals surface area (Å²) in [6.45, 7) is 1.36. The van der Waals surface area contributed by atoms with Crippen molar-refractivity contribution in [3.8, 4) is 0 Å². The number of hydrogen-bond donors (Lipinski definition) is 1. The fourth-order valence-electron chi connectivity index (χ4n) is 5.24. The van der Waals surface area contributed by atoms with Crippen molar-refractivity contribution in [1.29, 1.82) is 0 Å². The first-order chi connectivity index (χ1) is 19.1. The van der Waals surface area contributed by atoms with Gasteiger partial charge in [-0.15, -0.1) is 11.6 Å². The first-order valence-electron chi connectivity index (χ1n) is 12.5. The van der Waals surface area contributed by atoms with E-state index in [1.807, 2.05) is 12.1 Å². The minimum Gasteiger partial charge on any atom is -0.451 e. The lowest BCUT2D eigenvalue weighted by atomic mass is 9.90. The summed E-state index contributed by atoms with van der Waals surface area (Å²) in [5.74, 6) is -2.60. The van der Waals surface area contributed by atoms with E-state index in [1.54, 1.807) is 66.7 Å². The molecule has 2 aromatic carbocycles. The third kappa shape index (κ3) is 5.27. The van der Waals surface area contributed by atoms with Crippen LogP contribution in [0.15, 0.2) is 90.6 Å². The number of benzene rings is 2. The number of hydrogen-bond acceptors (Lipinski definition) is 8. The van der Waals surface area contributed by atoms with Crippen molar-refractivity contribution in [1.82, 2.24) is 9.88 Å². The van der Waals surface area contributed by atoms with Crippen LogP contribution in [0, 0.1) is 0 Å². The van der Waals surface area contributed by atoms with E-state index < -0.39 is 56.9 Å².